The predicted octanol–water partition coefficient (Wildman–Crippen LogP) is 4.79. The van der Waals surface area contributed by atoms with Crippen molar-refractivity contribution in [2.75, 3.05) is 6.61 Å². The molecular formula is C21H26F2N2O7. The Bertz CT molecular complexity index is 954. The van der Waals surface area contributed by atoms with Gasteiger partial charge in [0.05, 0.1) is 12.6 Å². The summed E-state index contributed by atoms with van der Waals surface area (Å²) in [6.07, 6.45) is 0.360. The average Bonchev–Trinajstić information content (AvgIpc) is 3.08. The molecule has 1 aromatic carbocycles. The third-order valence-corrected chi connectivity index (χ3v) is 3.83. The summed E-state index contributed by atoms with van der Waals surface area (Å²) in [4.78, 5) is 28.3. The van der Waals surface area contributed by atoms with E-state index in [9.17, 15) is 18.4 Å². The molecule has 2 aromatic rings. The first kappa shape index (κ1) is 24.9. The highest BCUT2D eigenvalue weighted by atomic mass is 19.3. The van der Waals surface area contributed by atoms with Crippen molar-refractivity contribution in [1.82, 2.24) is 10.3 Å². The smallest absolute Gasteiger partial charge is 0.408 e. The quantitative estimate of drug-likeness (QED) is 0.446. The summed E-state index contributed by atoms with van der Waals surface area (Å²) in [6.45, 7) is 6.64. The molecule has 1 atom stereocenters. The number of hydrogen-bond donors (Lipinski definition) is 1. The number of esters is 1. The number of rotatable bonds is 8. The maximum absolute atomic E-state index is 13.2. The van der Waals surface area contributed by atoms with Gasteiger partial charge in [-0.25, -0.2) is 14.6 Å². The van der Waals surface area contributed by atoms with Crippen LogP contribution >= 0.6 is 0 Å². The van der Waals surface area contributed by atoms with Crippen molar-refractivity contribution in [3.63, 3.8) is 0 Å². The highest BCUT2D eigenvalue weighted by Crippen LogP contribution is 2.43. The normalized spacial score (nSPS) is 12.3. The Morgan fingerprint density at radius 1 is 1.22 bits per heavy atom. The highest BCUT2D eigenvalue weighted by molar-refractivity contribution is 5.89. The molecule has 1 N–H and O–H groups in total. The van der Waals surface area contributed by atoms with Crippen molar-refractivity contribution in [2.24, 2.45) is 0 Å². The Hall–Kier alpha value is -3.37. The van der Waals surface area contributed by atoms with Crippen LogP contribution in [0.4, 0.5) is 13.6 Å². The molecule has 0 aliphatic rings. The number of hydrogen-bond acceptors (Lipinski definition) is 8. The van der Waals surface area contributed by atoms with E-state index in [1.807, 2.05) is 0 Å². The van der Waals surface area contributed by atoms with Gasteiger partial charge in [0.25, 0.3) is 0 Å². The van der Waals surface area contributed by atoms with Crippen molar-refractivity contribution < 1.29 is 41.7 Å². The lowest BCUT2D eigenvalue weighted by Crippen LogP contribution is -2.34. The van der Waals surface area contributed by atoms with Gasteiger partial charge < -0.3 is 28.7 Å². The van der Waals surface area contributed by atoms with E-state index in [1.54, 1.807) is 41.5 Å². The highest BCUT2D eigenvalue weighted by Gasteiger charge is 2.27. The number of alkyl carbamates (subject to hydrolysis) is 1. The molecule has 1 amide bonds. The molecule has 0 bridgehead atoms. The van der Waals surface area contributed by atoms with Crippen LogP contribution < -0.4 is 19.5 Å². The third kappa shape index (κ3) is 6.82. The van der Waals surface area contributed by atoms with Crippen molar-refractivity contribution in [2.45, 2.75) is 59.8 Å². The van der Waals surface area contributed by atoms with Crippen molar-refractivity contribution in [3.8, 4) is 17.2 Å². The molecule has 9 nitrogen and oxygen atoms in total. The van der Waals surface area contributed by atoms with Gasteiger partial charge in [-0.3, -0.25) is 0 Å². The maximum atomic E-state index is 13.2. The topological polar surface area (TPSA) is 109 Å². The van der Waals surface area contributed by atoms with E-state index >= 15 is 0 Å². The molecule has 0 radical (unpaired) electrons. The molecule has 1 aromatic heterocycles. The third-order valence-electron chi connectivity index (χ3n) is 3.83. The number of carbonyl (C=O) groups excluding carboxylic acids is 2. The summed E-state index contributed by atoms with van der Waals surface area (Å²) >= 11 is 0. The van der Waals surface area contributed by atoms with Crippen LogP contribution in [0.1, 0.15) is 62.6 Å². The number of nitrogens with one attached hydrogen (secondary N) is 1. The molecule has 176 valence electrons. The van der Waals surface area contributed by atoms with Crippen LogP contribution in [0, 0.1) is 6.92 Å². The van der Waals surface area contributed by atoms with Gasteiger partial charge in [-0.1, -0.05) is 0 Å². The van der Waals surface area contributed by atoms with Gasteiger partial charge in [0.15, 0.2) is 23.1 Å². The number of aryl methyl sites for hydroxylation is 1. The van der Waals surface area contributed by atoms with Gasteiger partial charge in [0.1, 0.15) is 11.9 Å². The van der Waals surface area contributed by atoms with Crippen molar-refractivity contribution in [3.05, 3.63) is 35.5 Å². The van der Waals surface area contributed by atoms with Crippen LogP contribution in [-0.4, -0.2) is 35.9 Å². The zero-order valence-electron chi connectivity index (χ0n) is 18.7. The van der Waals surface area contributed by atoms with Gasteiger partial charge in [-0.05, 0) is 46.8 Å². The van der Waals surface area contributed by atoms with E-state index in [0.29, 0.717) is 0 Å². The van der Waals surface area contributed by atoms with Gasteiger partial charge in [0, 0.05) is 12.5 Å². The van der Waals surface area contributed by atoms with E-state index in [1.165, 1.54) is 12.1 Å². The summed E-state index contributed by atoms with van der Waals surface area (Å²) in [7, 11) is 0. The number of benzene rings is 1. The molecule has 0 spiro atoms. The predicted molar refractivity (Wildman–Crippen MR) is 108 cm³/mol. The summed E-state index contributed by atoms with van der Waals surface area (Å²) in [5.74, 6) is -1.40. The second kappa shape index (κ2) is 10.3. The van der Waals surface area contributed by atoms with Crippen LogP contribution in [0.15, 0.2) is 22.8 Å². The van der Waals surface area contributed by atoms with E-state index in [0.717, 1.165) is 6.26 Å². The molecule has 0 saturated heterocycles. The minimum absolute atomic E-state index is 0.0601. The molecule has 0 saturated carbocycles. The number of halogens is 2. The molecule has 0 aliphatic heterocycles. The molecule has 0 aliphatic carbocycles. The first-order valence-corrected chi connectivity index (χ1v) is 9.79. The largest absolute Gasteiger partial charge is 0.487 e. The van der Waals surface area contributed by atoms with Gasteiger partial charge in [0.2, 0.25) is 5.75 Å². The zero-order valence-corrected chi connectivity index (χ0v) is 18.7. The van der Waals surface area contributed by atoms with Crippen molar-refractivity contribution in [1.29, 1.82) is 0 Å². The van der Waals surface area contributed by atoms with E-state index in [4.69, 9.17) is 18.6 Å². The van der Waals surface area contributed by atoms with E-state index < -0.39 is 30.3 Å². The summed E-state index contributed by atoms with van der Waals surface area (Å²) < 4.78 is 52.0. The number of amides is 1. The van der Waals surface area contributed by atoms with E-state index in [-0.39, 0.29) is 41.0 Å². The molecule has 1 heterocycles. The number of nitrogens with zero attached hydrogens (tertiary/aromatic N) is 1. The first-order chi connectivity index (χ1) is 14.9. The monoisotopic (exact) mass is 456 g/mol. The molecule has 2 rings (SSSR count). The first-order valence-electron chi connectivity index (χ1n) is 9.79. The number of alkyl halides is 2. The Kier molecular flexibility index (Phi) is 8.01. The Morgan fingerprint density at radius 2 is 1.91 bits per heavy atom. The SMILES string of the molecule is CCOc1c(OC(=O)c2coc(C)n2)ccc([C@H](C)NC(=O)OC(C)(C)C)c1OC(F)F. The fraction of sp³-hybridized carbons (Fsp3) is 0.476. The zero-order chi connectivity index (χ0) is 24.1. The fourth-order valence-electron chi connectivity index (χ4n) is 2.64. The standard InChI is InChI=1S/C21H26F2N2O7/c1-7-28-17-15(30-18(26)14-10-29-12(3)25-14)9-8-13(16(17)31-19(22)23)11(2)24-20(27)32-21(4,5)6/h8-11,19H,7H2,1-6H3,(H,24,27)/t11-/m0/s1. The molecule has 11 heteroatoms. The van der Waals surface area contributed by atoms with Gasteiger partial charge in [-0.15, -0.1) is 0 Å². The van der Waals surface area contributed by atoms with Crippen LogP contribution in [0.3, 0.4) is 0 Å². The lowest BCUT2D eigenvalue weighted by atomic mass is 10.1. The number of aromatic nitrogens is 1. The molecular weight excluding hydrogens is 430 g/mol. The molecule has 32 heavy (non-hydrogen) atoms. The Balaban J connectivity index is 2.41. The Labute approximate surface area is 184 Å². The minimum atomic E-state index is -3.20. The maximum Gasteiger partial charge on any atom is 0.408 e. The van der Waals surface area contributed by atoms with Crippen LogP contribution in [0.2, 0.25) is 0 Å². The van der Waals surface area contributed by atoms with Gasteiger partial charge in [-0.2, -0.15) is 8.78 Å². The number of carbonyl (C=O) groups is 2. The van der Waals surface area contributed by atoms with E-state index in [2.05, 4.69) is 15.0 Å². The average molecular weight is 456 g/mol. The summed E-state index contributed by atoms with van der Waals surface area (Å²) in [5.41, 5.74) is -0.692. The van der Waals surface area contributed by atoms with Gasteiger partial charge >= 0.3 is 18.7 Å². The minimum Gasteiger partial charge on any atom is -0.487 e. The Morgan fingerprint density at radius 3 is 2.44 bits per heavy atom. The van der Waals surface area contributed by atoms with Crippen molar-refractivity contribution >= 4 is 12.1 Å². The van der Waals surface area contributed by atoms with Crippen LogP contribution in [0.25, 0.3) is 0 Å². The molecule has 0 unspecified atom stereocenters. The second-order valence-corrected chi connectivity index (χ2v) is 7.63. The lowest BCUT2D eigenvalue weighted by Gasteiger charge is -2.24. The fourth-order valence-corrected chi connectivity index (χ4v) is 2.64. The van der Waals surface area contributed by atoms with Crippen LogP contribution in [0.5, 0.6) is 17.2 Å². The summed E-state index contributed by atoms with van der Waals surface area (Å²) in [6, 6.07) is 1.91. The lowest BCUT2D eigenvalue weighted by molar-refractivity contribution is -0.0524. The molecule has 0 fully saturated rings. The number of oxazole rings is 1. The second-order valence-electron chi connectivity index (χ2n) is 7.63. The summed E-state index contributed by atoms with van der Waals surface area (Å²) in [5, 5.41) is 2.55. The van der Waals surface area contributed by atoms with Crippen LogP contribution in [-0.2, 0) is 4.74 Å². The number of ether oxygens (including phenoxy) is 4.